The van der Waals surface area contributed by atoms with E-state index in [4.69, 9.17) is 14.5 Å². The Bertz CT molecular complexity index is 1290. The first-order chi connectivity index (χ1) is 14.0. The number of pyridine rings is 2. The highest BCUT2D eigenvalue weighted by Gasteiger charge is 2.30. The van der Waals surface area contributed by atoms with Gasteiger partial charge in [0.25, 0.3) is 5.56 Å². The Hall–Kier alpha value is -3.48. The highest BCUT2D eigenvalue weighted by Crippen LogP contribution is 2.37. The first-order valence-corrected chi connectivity index (χ1v) is 9.51. The van der Waals surface area contributed by atoms with Crippen molar-refractivity contribution in [3.05, 3.63) is 56.9 Å². The summed E-state index contributed by atoms with van der Waals surface area (Å²) in [6, 6.07) is 7.26. The zero-order valence-corrected chi connectivity index (χ0v) is 16.1. The molecule has 3 aromatic rings. The molecule has 2 aromatic heterocycles. The fourth-order valence-corrected chi connectivity index (χ4v) is 4.29. The molecule has 0 bridgehead atoms. The van der Waals surface area contributed by atoms with E-state index in [0.717, 1.165) is 45.4 Å². The van der Waals surface area contributed by atoms with Crippen molar-refractivity contribution in [3.63, 3.8) is 0 Å². The van der Waals surface area contributed by atoms with E-state index in [1.165, 1.54) is 6.92 Å². The Morgan fingerprint density at radius 1 is 1.24 bits per heavy atom. The lowest BCUT2D eigenvalue weighted by atomic mass is 9.98. The predicted molar refractivity (Wildman–Crippen MR) is 105 cm³/mol. The molecule has 2 aliphatic heterocycles. The SMILES string of the molecule is CCc1c2c(nc3ccc(OC(C)=O)cc13)-c1cc3c(c(=O)n1C2)COC(=O)C3. The first kappa shape index (κ1) is 17.6. The molecular formula is C22H18N2O5. The predicted octanol–water partition coefficient (Wildman–Crippen LogP) is 2.51. The van der Waals surface area contributed by atoms with Crippen molar-refractivity contribution in [1.82, 2.24) is 9.55 Å². The van der Waals surface area contributed by atoms with Crippen molar-refractivity contribution in [3.8, 4) is 17.1 Å². The summed E-state index contributed by atoms with van der Waals surface area (Å²) in [7, 11) is 0. The lowest BCUT2D eigenvalue weighted by Gasteiger charge is -2.17. The molecule has 0 saturated carbocycles. The molecule has 29 heavy (non-hydrogen) atoms. The van der Waals surface area contributed by atoms with Gasteiger partial charge in [0.05, 0.1) is 35.4 Å². The van der Waals surface area contributed by atoms with Gasteiger partial charge in [0.15, 0.2) is 0 Å². The Labute approximate surface area is 165 Å². The normalized spacial score (nSPS) is 14.2. The van der Waals surface area contributed by atoms with Gasteiger partial charge in [-0.25, -0.2) is 4.98 Å². The van der Waals surface area contributed by atoms with E-state index >= 15 is 0 Å². The third-order valence-corrected chi connectivity index (χ3v) is 5.55. The molecular weight excluding hydrogens is 372 g/mol. The van der Waals surface area contributed by atoms with Gasteiger partial charge in [-0.15, -0.1) is 0 Å². The van der Waals surface area contributed by atoms with E-state index in [1.54, 1.807) is 10.6 Å². The highest BCUT2D eigenvalue weighted by molar-refractivity contribution is 5.89. The molecule has 0 saturated heterocycles. The van der Waals surface area contributed by atoms with Gasteiger partial charge in [0.2, 0.25) is 0 Å². The van der Waals surface area contributed by atoms with Crippen LogP contribution < -0.4 is 10.3 Å². The number of aromatic nitrogens is 2. The van der Waals surface area contributed by atoms with Crippen LogP contribution in [-0.2, 0) is 40.3 Å². The first-order valence-electron chi connectivity index (χ1n) is 9.51. The summed E-state index contributed by atoms with van der Waals surface area (Å²) in [5, 5.41) is 0.911. The molecule has 2 aliphatic rings. The minimum absolute atomic E-state index is 0.0193. The molecule has 0 radical (unpaired) electrons. The molecule has 0 atom stereocenters. The fraction of sp³-hybridized carbons (Fsp3) is 0.273. The topological polar surface area (TPSA) is 87.5 Å². The standard InChI is InChI=1S/C22H18N2O5/c1-3-14-15-8-13(29-11(2)25)4-5-18(15)23-21-16(14)9-24-19(21)6-12-7-20(26)28-10-17(12)22(24)27/h4-6,8H,3,7,9-10H2,1-2H3. The number of nitrogens with zero attached hydrogens (tertiary/aromatic N) is 2. The minimum Gasteiger partial charge on any atom is -0.460 e. The highest BCUT2D eigenvalue weighted by atomic mass is 16.5. The van der Waals surface area contributed by atoms with E-state index in [-0.39, 0.29) is 30.5 Å². The fourth-order valence-electron chi connectivity index (χ4n) is 4.29. The second-order valence-corrected chi connectivity index (χ2v) is 7.31. The van der Waals surface area contributed by atoms with E-state index in [1.807, 2.05) is 18.2 Å². The largest absolute Gasteiger partial charge is 0.460 e. The van der Waals surface area contributed by atoms with Crippen LogP contribution in [0.5, 0.6) is 5.75 Å². The molecule has 7 heteroatoms. The maximum Gasteiger partial charge on any atom is 0.310 e. The number of benzene rings is 1. The molecule has 0 spiro atoms. The number of carbonyl (C=O) groups excluding carboxylic acids is 2. The van der Waals surface area contributed by atoms with E-state index in [2.05, 4.69) is 6.92 Å². The smallest absolute Gasteiger partial charge is 0.310 e. The van der Waals surface area contributed by atoms with Gasteiger partial charge >= 0.3 is 11.9 Å². The third kappa shape index (κ3) is 2.65. The zero-order chi connectivity index (χ0) is 20.3. The number of carbonyl (C=O) groups is 2. The maximum absolute atomic E-state index is 13.0. The van der Waals surface area contributed by atoms with Crippen LogP contribution >= 0.6 is 0 Å². The Balaban J connectivity index is 1.74. The second kappa shape index (κ2) is 6.27. The van der Waals surface area contributed by atoms with Crippen molar-refractivity contribution in [1.29, 1.82) is 0 Å². The molecule has 5 rings (SSSR count). The van der Waals surface area contributed by atoms with Crippen molar-refractivity contribution in [2.75, 3.05) is 0 Å². The lowest BCUT2D eigenvalue weighted by molar-refractivity contribution is -0.145. The number of aryl methyl sites for hydroxylation is 1. The van der Waals surface area contributed by atoms with Crippen LogP contribution in [0.2, 0.25) is 0 Å². The van der Waals surface area contributed by atoms with E-state index in [9.17, 15) is 14.4 Å². The number of ether oxygens (including phenoxy) is 2. The molecule has 4 heterocycles. The Kier molecular flexibility index (Phi) is 3.81. The lowest BCUT2D eigenvalue weighted by Crippen LogP contribution is -2.30. The average molecular weight is 390 g/mol. The Morgan fingerprint density at radius 3 is 2.83 bits per heavy atom. The van der Waals surface area contributed by atoms with Crippen LogP contribution in [0.4, 0.5) is 0 Å². The quantitative estimate of drug-likeness (QED) is 0.386. The number of cyclic esters (lactones) is 1. The van der Waals surface area contributed by atoms with Crippen LogP contribution in [0.15, 0.2) is 29.1 Å². The summed E-state index contributed by atoms with van der Waals surface area (Å²) in [4.78, 5) is 40.9. The van der Waals surface area contributed by atoms with Crippen molar-refractivity contribution in [2.45, 2.75) is 39.8 Å². The third-order valence-electron chi connectivity index (χ3n) is 5.55. The molecule has 0 aliphatic carbocycles. The van der Waals surface area contributed by atoms with Crippen LogP contribution in [0, 0.1) is 0 Å². The van der Waals surface area contributed by atoms with Gasteiger partial charge < -0.3 is 14.0 Å². The zero-order valence-electron chi connectivity index (χ0n) is 16.1. The molecule has 0 amide bonds. The summed E-state index contributed by atoms with van der Waals surface area (Å²) in [5.74, 6) is -0.225. The van der Waals surface area contributed by atoms with E-state index < -0.39 is 0 Å². The number of rotatable bonds is 2. The Morgan fingerprint density at radius 2 is 2.07 bits per heavy atom. The number of esters is 2. The number of hydrogen-bond acceptors (Lipinski definition) is 6. The average Bonchev–Trinajstić information content (AvgIpc) is 3.04. The summed E-state index contributed by atoms with van der Waals surface area (Å²) in [6.45, 7) is 3.86. The summed E-state index contributed by atoms with van der Waals surface area (Å²) in [6.07, 6.45) is 0.850. The second-order valence-electron chi connectivity index (χ2n) is 7.31. The van der Waals surface area contributed by atoms with Gasteiger partial charge in [-0.2, -0.15) is 0 Å². The monoisotopic (exact) mass is 390 g/mol. The van der Waals surface area contributed by atoms with Crippen LogP contribution in [0.25, 0.3) is 22.3 Å². The van der Waals surface area contributed by atoms with Crippen molar-refractivity contribution in [2.24, 2.45) is 0 Å². The van der Waals surface area contributed by atoms with Crippen LogP contribution in [0.3, 0.4) is 0 Å². The summed E-state index contributed by atoms with van der Waals surface area (Å²) in [5.41, 5.74) is 5.48. The minimum atomic E-state index is -0.377. The molecule has 7 nitrogen and oxygen atoms in total. The van der Waals surface area contributed by atoms with Crippen molar-refractivity contribution >= 4 is 22.8 Å². The molecule has 0 N–H and O–H groups in total. The van der Waals surface area contributed by atoms with Gasteiger partial charge in [-0.1, -0.05) is 6.92 Å². The van der Waals surface area contributed by atoms with Crippen LogP contribution in [-0.4, -0.2) is 21.5 Å². The molecule has 0 fully saturated rings. The summed E-state index contributed by atoms with van der Waals surface area (Å²) < 4.78 is 12.0. The van der Waals surface area contributed by atoms with E-state index in [0.29, 0.717) is 17.9 Å². The van der Waals surface area contributed by atoms with Crippen molar-refractivity contribution < 1.29 is 19.1 Å². The van der Waals surface area contributed by atoms with Gasteiger partial charge in [0, 0.05) is 17.9 Å². The van der Waals surface area contributed by atoms with Crippen LogP contribution in [0.1, 0.15) is 36.1 Å². The molecule has 146 valence electrons. The number of fused-ring (bicyclic) bond motifs is 5. The summed E-state index contributed by atoms with van der Waals surface area (Å²) >= 11 is 0. The van der Waals surface area contributed by atoms with Gasteiger partial charge in [0.1, 0.15) is 12.4 Å². The van der Waals surface area contributed by atoms with Gasteiger partial charge in [-0.3, -0.25) is 14.4 Å². The maximum atomic E-state index is 13.0. The number of hydrogen-bond donors (Lipinski definition) is 0. The van der Waals surface area contributed by atoms with Gasteiger partial charge in [-0.05, 0) is 41.8 Å². The molecule has 0 unspecified atom stereocenters. The molecule has 1 aromatic carbocycles.